The van der Waals surface area contributed by atoms with Gasteiger partial charge in [-0.05, 0) is 20.3 Å². The second-order valence-electron chi connectivity index (χ2n) is 9.13. The molecule has 10 heteroatoms. The molecule has 2 atom stereocenters. The van der Waals surface area contributed by atoms with E-state index in [9.17, 15) is 9.59 Å². The van der Waals surface area contributed by atoms with Crippen molar-refractivity contribution >= 4 is 47.4 Å². The van der Waals surface area contributed by atoms with E-state index >= 15 is 0 Å². The summed E-state index contributed by atoms with van der Waals surface area (Å²) in [5, 5.41) is -0.675. The second-order valence-corrected chi connectivity index (χ2v) is 11.7. The minimum absolute atomic E-state index is 0.160. The number of carbonyl (C=O) groups excluding carboxylic acids is 2. The fraction of sp³-hybridized carbons (Fsp3) is 0.857. The number of hydrogen-bond acceptors (Lipinski definition) is 8. The number of esters is 2. The van der Waals surface area contributed by atoms with Crippen molar-refractivity contribution in [3.63, 3.8) is 0 Å². The first-order valence-corrected chi connectivity index (χ1v) is 11.9. The van der Waals surface area contributed by atoms with Crippen molar-refractivity contribution in [1.29, 1.82) is 0 Å². The molecule has 7 nitrogen and oxygen atoms in total. The average Bonchev–Trinajstić information content (AvgIpc) is 2.67. The summed E-state index contributed by atoms with van der Waals surface area (Å²) in [7, 11) is 8.26. The number of thiocarbonyl (C=S) groups is 1. The van der Waals surface area contributed by atoms with E-state index in [1.807, 2.05) is 20.8 Å². The number of nitrogens with zero attached hydrogens (tertiary/aromatic N) is 1. The monoisotopic (exact) mass is 478 g/mol. The van der Waals surface area contributed by atoms with Gasteiger partial charge < -0.3 is 23.4 Å². The zero-order valence-corrected chi connectivity index (χ0v) is 22.2. The Labute approximate surface area is 198 Å². The third-order valence-electron chi connectivity index (χ3n) is 5.12. The second kappa shape index (κ2) is 14.5. The summed E-state index contributed by atoms with van der Waals surface area (Å²) in [6.07, 6.45) is 1.07. The van der Waals surface area contributed by atoms with Crippen LogP contribution in [0.2, 0.25) is 11.6 Å². The van der Waals surface area contributed by atoms with E-state index in [0.717, 1.165) is 11.0 Å². The van der Waals surface area contributed by atoms with E-state index in [4.69, 9.17) is 31.2 Å². The highest BCUT2D eigenvalue weighted by Crippen LogP contribution is 2.38. The normalized spacial score (nSPS) is 15.5. The molecule has 2 unspecified atom stereocenters. The number of hydrogen-bond donors (Lipinski definition) is 0. The number of ether oxygens (including phenoxy) is 4. The lowest BCUT2D eigenvalue weighted by Gasteiger charge is -2.31. The molecule has 0 aliphatic rings. The first-order valence-electron chi connectivity index (χ1n) is 10.7. The first kappa shape index (κ1) is 30.3. The van der Waals surface area contributed by atoms with Gasteiger partial charge in [0, 0.05) is 16.6 Å². The first-order chi connectivity index (χ1) is 14.3. The number of rotatable bonds is 16. The molecule has 0 fully saturated rings. The molecule has 0 radical (unpaired) electrons. The van der Waals surface area contributed by atoms with Crippen LogP contribution in [-0.2, 0) is 28.5 Å². The molecule has 0 amide bonds. The van der Waals surface area contributed by atoms with E-state index in [-0.39, 0.29) is 18.5 Å². The quantitative estimate of drug-likeness (QED) is 0.110. The molecule has 0 spiro atoms. The minimum atomic E-state index is -0.878. The Morgan fingerprint density at radius 3 is 2.10 bits per heavy atom. The Morgan fingerprint density at radius 2 is 1.58 bits per heavy atom. The van der Waals surface area contributed by atoms with E-state index in [1.54, 1.807) is 14.0 Å². The average molecular weight is 479 g/mol. The third-order valence-corrected chi connectivity index (χ3v) is 6.47. The maximum Gasteiger partial charge on any atom is 0.321 e. The molecule has 0 aliphatic carbocycles. The van der Waals surface area contributed by atoms with Crippen LogP contribution in [0.4, 0.5) is 0 Å². The largest absolute Gasteiger partial charge is 0.462 e. The zero-order valence-electron chi connectivity index (χ0n) is 20.6. The molecule has 0 bridgehead atoms. The van der Waals surface area contributed by atoms with Gasteiger partial charge in [0.15, 0.2) is 0 Å². The zero-order chi connectivity index (χ0) is 24.1. The molecule has 0 N–H and O–H groups in total. The lowest BCUT2D eigenvalue weighted by Crippen LogP contribution is -2.41. The molecule has 0 rings (SSSR count). The Balaban J connectivity index is 4.95. The number of likely N-dealkylation sites (N-methyl/N-ethyl adjacent to an activating group) is 1. The van der Waals surface area contributed by atoms with Gasteiger partial charge in [0.2, 0.25) is 0 Å². The third kappa shape index (κ3) is 12.8. The van der Waals surface area contributed by atoms with Crippen LogP contribution in [-0.4, -0.2) is 100 Å². The van der Waals surface area contributed by atoms with Crippen molar-refractivity contribution in [3.8, 4) is 0 Å². The number of quaternary nitrogens is 1. The highest BCUT2D eigenvalue weighted by atomic mass is 32.2. The molecule has 0 saturated heterocycles. The number of thioether (sulfide) groups is 1. The van der Waals surface area contributed by atoms with Crippen molar-refractivity contribution in [2.24, 2.45) is 0 Å². The van der Waals surface area contributed by atoms with Crippen molar-refractivity contribution in [3.05, 3.63) is 0 Å². The van der Waals surface area contributed by atoms with E-state index in [0.29, 0.717) is 50.6 Å². The van der Waals surface area contributed by atoms with Gasteiger partial charge in [0.25, 0.3) is 0 Å². The van der Waals surface area contributed by atoms with Gasteiger partial charge >= 0.3 is 11.9 Å². The lowest BCUT2D eigenvalue weighted by atomic mass is 9.48. The molecule has 0 saturated carbocycles. The molecule has 0 aromatic heterocycles. The van der Waals surface area contributed by atoms with Crippen LogP contribution >= 0.6 is 24.0 Å². The summed E-state index contributed by atoms with van der Waals surface area (Å²) >= 11 is 6.56. The van der Waals surface area contributed by atoms with E-state index < -0.39 is 10.1 Å². The predicted molar refractivity (Wildman–Crippen MR) is 132 cm³/mol. The van der Waals surface area contributed by atoms with Gasteiger partial charge in [0.1, 0.15) is 31.8 Å². The topological polar surface area (TPSA) is 71.1 Å². The predicted octanol–water partition coefficient (Wildman–Crippen LogP) is 2.72. The van der Waals surface area contributed by atoms with Crippen molar-refractivity contribution < 1.29 is 33.0 Å². The summed E-state index contributed by atoms with van der Waals surface area (Å²) in [5.41, 5.74) is 0. The van der Waals surface area contributed by atoms with Gasteiger partial charge in [-0.25, -0.2) is 0 Å². The smallest absolute Gasteiger partial charge is 0.321 e. The van der Waals surface area contributed by atoms with Gasteiger partial charge in [-0.3, -0.25) is 9.59 Å². The fourth-order valence-electron chi connectivity index (χ4n) is 2.63. The summed E-state index contributed by atoms with van der Waals surface area (Å²) in [5.74, 6) is -0.580. The SMILES string of the molecule is CCC(C)(BCC(C)(SC(C)=S)C(=O)OCCOCCOC)C(=O)OCC[N+](C)(C)C. The van der Waals surface area contributed by atoms with E-state index in [2.05, 4.69) is 21.1 Å². The van der Waals surface area contributed by atoms with Crippen LogP contribution in [0.3, 0.4) is 0 Å². The van der Waals surface area contributed by atoms with E-state index in [1.165, 1.54) is 11.8 Å². The van der Waals surface area contributed by atoms with Crippen molar-refractivity contribution in [2.75, 3.05) is 67.8 Å². The van der Waals surface area contributed by atoms with Gasteiger partial charge in [-0.2, -0.15) is 0 Å². The Kier molecular flexibility index (Phi) is 14.2. The Morgan fingerprint density at radius 1 is 1.00 bits per heavy atom. The highest BCUT2D eigenvalue weighted by molar-refractivity contribution is 8.24. The maximum atomic E-state index is 12.8. The molecule has 0 aromatic carbocycles. The highest BCUT2D eigenvalue weighted by Gasteiger charge is 2.42. The Hall–Kier alpha value is -0.675. The van der Waals surface area contributed by atoms with Gasteiger partial charge in [-0.1, -0.05) is 32.4 Å². The van der Waals surface area contributed by atoms with Gasteiger partial charge in [-0.15, -0.1) is 11.8 Å². The van der Waals surface area contributed by atoms with Crippen LogP contribution < -0.4 is 0 Å². The Bertz CT molecular complexity index is 587. The standard InChI is InChI=1S/C21H41BNO6S2/c1-9-20(3,18(24)28-11-10-23(5,6)7)22-16-21(4,31-17(2)30)19(25)29-15-14-27-13-12-26-8/h22H,9-16H2,1-8H3/q+1. The number of carbonyl (C=O) groups is 2. The maximum absolute atomic E-state index is 12.8. The van der Waals surface area contributed by atoms with Crippen molar-refractivity contribution in [1.82, 2.24) is 0 Å². The van der Waals surface area contributed by atoms with Crippen LogP contribution in [0.1, 0.15) is 34.1 Å². The molecule has 31 heavy (non-hydrogen) atoms. The molecule has 0 heterocycles. The summed E-state index contributed by atoms with van der Waals surface area (Å²) in [6, 6.07) is 0. The lowest BCUT2D eigenvalue weighted by molar-refractivity contribution is -0.870. The van der Waals surface area contributed by atoms with Crippen LogP contribution in [0.5, 0.6) is 0 Å². The van der Waals surface area contributed by atoms with Crippen LogP contribution in [0.25, 0.3) is 0 Å². The number of methoxy groups -OCH3 is 1. The van der Waals surface area contributed by atoms with Crippen molar-refractivity contribution in [2.45, 2.75) is 50.5 Å². The summed E-state index contributed by atoms with van der Waals surface area (Å²) in [4.78, 5) is 25.6. The summed E-state index contributed by atoms with van der Waals surface area (Å²) < 4.78 is 21.8. The molecular formula is C21H41BNO6S2+. The molecule has 0 aromatic rings. The van der Waals surface area contributed by atoms with Crippen LogP contribution in [0.15, 0.2) is 0 Å². The molecule has 0 aliphatic heterocycles. The van der Waals surface area contributed by atoms with Gasteiger partial charge in [0.05, 0.1) is 41.0 Å². The molecular weight excluding hydrogens is 437 g/mol. The van der Waals surface area contributed by atoms with Crippen LogP contribution in [0, 0.1) is 0 Å². The summed E-state index contributed by atoms with van der Waals surface area (Å²) in [6.45, 7) is 9.98. The minimum Gasteiger partial charge on any atom is -0.462 e. The molecule has 180 valence electrons. The fourth-order valence-corrected chi connectivity index (χ4v) is 4.16.